The number of hydrogen-bond donors (Lipinski definition) is 3. The predicted molar refractivity (Wildman–Crippen MR) is 100 cm³/mol. The maximum atomic E-state index is 12.1. The molecule has 1 amide bonds. The maximum absolute atomic E-state index is 12.1. The Hall–Kier alpha value is -4.12. The van der Waals surface area contributed by atoms with Crippen molar-refractivity contribution in [3.63, 3.8) is 0 Å². The first-order chi connectivity index (χ1) is 13.4. The van der Waals surface area contributed by atoms with Crippen LogP contribution in [-0.4, -0.2) is 30.1 Å². The number of carboxylic acids is 1. The van der Waals surface area contributed by atoms with E-state index in [1.54, 1.807) is 30.3 Å². The summed E-state index contributed by atoms with van der Waals surface area (Å²) in [5.74, 6) is -2.13. The van der Waals surface area contributed by atoms with Crippen LogP contribution in [0.25, 0.3) is 0 Å². The van der Waals surface area contributed by atoms with E-state index in [4.69, 9.17) is 10.4 Å². The zero-order chi connectivity index (χ0) is 20.5. The van der Waals surface area contributed by atoms with E-state index < -0.39 is 17.8 Å². The Balaban J connectivity index is 1.95. The molecule has 142 valence electrons. The summed E-state index contributed by atoms with van der Waals surface area (Å²) in [6, 6.07) is 14.1. The second kappa shape index (κ2) is 9.54. The fraction of sp³-hybridized carbons (Fsp3) is 0.100. The first-order valence-electron chi connectivity index (χ1n) is 8.10. The molecule has 0 heterocycles. The molecule has 8 heteroatoms. The van der Waals surface area contributed by atoms with Gasteiger partial charge >= 0.3 is 11.9 Å². The lowest BCUT2D eigenvalue weighted by Crippen LogP contribution is -2.16. The topological polar surface area (TPSA) is 129 Å². The number of methoxy groups -OCH3 is 1. The predicted octanol–water partition coefficient (Wildman–Crippen LogP) is 2.31. The third-order valence-electron chi connectivity index (χ3n) is 3.68. The highest BCUT2D eigenvalue weighted by atomic mass is 16.5. The van der Waals surface area contributed by atoms with Gasteiger partial charge in [0, 0.05) is 18.4 Å². The Morgan fingerprint density at radius 2 is 1.68 bits per heavy atom. The normalized spacial score (nSPS) is 10.5. The van der Waals surface area contributed by atoms with Gasteiger partial charge in [-0.3, -0.25) is 4.79 Å². The molecule has 0 saturated heterocycles. The highest BCUT2D eigenvalue weighted by molar-refractivity contribution is 6.06. The van der Waals surface area contributed by atoms with Crippen LogP contribution in [0.15, 0.2) is 60.3 Å². The van der Waals surface area contributed by atoms with Crippen LogP contribution < -0.4 is 10.6 Å². The van der Waals surface area contributed by atoms with Crippen molar-refractivity contribution in [1.29, 1.82) is 5.26 Å². The van der Waals surface area contributed by atoms with Gasteiger partial charge in [-0.05, 0) is 42.0 Å². The van der Waals surface area contributed by atoms with Crippen molar-refractivity contribution in [2.75, 3.05) is 12.4 Å². The number of benzene rings is 2. The lowest BCUT2D eigenvalue weighted by molar-refractivity contribution is -0.112. The van der Waals surface area contributed by atoms with Crippen LogP contribution in [0, 0.1) is 11.3 Å². The summed E-state index contributed by atoms with van der Waals surface area (Å²) in [7, 11) is 1.30. The number of nitrogens with zero attached hydrogens (tertiary/aromatic N) is 1. The van der Waals surface area contributed by atoms with Crippen molar-refractivity contribution in [2.45, 2.75) is 6.54 Å². The molecule has 0 aliphatic heterocycles. The summed E-state index contributed by atoms with van der Waals surface area (Å²) in [5.41, 5.74) is 1.58. The molecular weight excluding hydrogens is 362 g/mol. The Morgan fingerprint density at radius 3 is 2.21 bits per heavy atom. The van der Waals surface area contributed by atoms with Crippen LogP contribution in [-0.2, 0) is 16.1 Å². The monoisotopic (exact) mass is 379 g/mol. The lowest BCUT2D eigenvalue weighted by Gasteiger charge is -2.06. The molecule has 8 nitrogen and oxygen atoms in total. The number of carbonyl (C=O) groups excluding carboxylic acids is 2. The molecule has 0 aliphatic carbocycles. The minimum Gasteiger partial charge on any atom is -0.478 e. The first-order valence-corrected chi connectivity index (χ1v) is 8.10. The molecule has 0 unspecified atom stereocenters. The van der Waals surface area contributed by atoms with Gasteiger partial charge < -0.3 is 20.5 Å². The van der Waals surface area contributed by atoms with Crippen molar-refractivity contribution < 1.29 is 24.2 Å². The van der Waals surface area contributed by atoms with E-state index in [0.29, 0.717) is 17.8 Å². The van der Waals surface area contributed by atoms with Crippen LogP contribution in [0.4, 0.5) is 5.69 Å². The van der Waals surface area contributed by atoms with Gasteiger partial charge in [-0.2, -0.15) is 5.26 Å². The molecule has 0 aromatic heterocycles. The Kier molecular flexibility index (Phi) is 6.88. The number of hydrogen-bond acceptors (Lipinski definition) is 6. The van der Waals surface area contributed by atoms with Gasteiger partial charge in [0.15, 0.2) is 0 Å². The molecule has 2 rings (SSSR count). The van der Waals surface area contributed by atoms with E-state index in [1.807, 2.05) is 0 Å². The smallest absolute Gasteiger partial charge is 0.337 e. The summed E-state index contributed by atoms with van der Waals surface area (Å²) < 4.78 is 4.62. The van der Waals surface area contributed by atoms with E-state index in [0.717, 1.165) is 5.56 Å². The summed E-state index contributed by atoms with van der Waals surface area (Å²) in [4.78, 5) is 34.4. The number of amides is 1. The van der Waals surface area contributed by atoms with Gasteiger partial charge in [-0.1, -0.05) is 12.1 Å². The second-order valence-electron chi connectivity index (χ2n) is 5.58. The molecule has 0 radical (unpaired) electrons. The van der Waals surface area contributed by atoms with Crippen LogP contribution >= 0.6 is 0 Å². The zero-order valence-electron chi connectivity index (χ0n) is 14.9. The van der Waals surface area contributed by atoms with Gasteiger partial charge in [0.05, 0.1) is 18.2 Å². The fourth-order valence-electron chi connectivity index (χ4n) is 2.19. The molecule has 0 aliphatic rings. The minimum atomic E-state index is -1.07. The molecule has 2 aromatic rings. The van der Waals surface area contributed by atoms with Crippen LogP contribution in [0.5, 0.6) is 0 Å². The Morgan fingerprint density at radius 1 is 1.07 bits per heavy atom. The number of nitriles is 1. The molecule has 0 bridgehead atoms. The standard InChI is InChI=1S/C20H17N3O5/c1-28-20(27)15-4-2-13(3-5-15)11-22-12-16(10-21)18(24)23-17-8-6-14(7-9-17)19(25)26/h2-9,12,22H,11H2,1H3,(H,23,24)(H,25,26)/b16-12-. The molecule has 0 fully saturated rings. The van der Waals surface area contributed by atoms with E-state index in [9.17, 15) is 14.4 Å². The van der Waals surface area contributed by atoms with Crippen LogP contribution in [0.2, 0.25) is 0 Å². The number of carbonyl (C=O) groups is 3. The highest BCUT2D eigenvalue weighted by Crippen LogP contribution is 2.11. The molecule has 0 saturated carbocycles. The quantitative estimate of drug-likeness (QED) is 0.382. The fourth-order valence-corrected chi connectivity index (χ4v) is 2.19. The summed E-state index contributed by atoms with van der Waals surface area (Å²) >= 11 is 0. The van der Waals surface area contributed by atoms with E-state index in [-0.39, 0.29) is 11.1 Å². The average molecular weight is 379 g/mol. The van der Waals surface area contributed by atoms with Crippen molar-refractivity contribution in [3.8, 4) is 6.07 Å². The zero-order valence-corrected chi connectivity index (χ0v) is 14.9. The van der Waals surface area contributed by atoms with Crippen molar-refractivity contribution in [3.05, 3.63) is 77.0 Å². The third-order valence-corrected chi connectivity index (χ3v) is 3.68. The van der Waals surface area contributed by atoms with Crippen molar-refractivity contribution >= 4 is 23.5 Å². The Labute approximate surface area is 161 Å². The van der Waals surface area contributed by atoms with Gasteiger partial charge in [-0.25, -0.2) is 9.59 Å². The summed E-state index contributed by atoms with van der Waals surface area (Å²) in [6.45, 7) is 0.340. The minimum absolute atomic E-state index is 0.0916. The molecule has 0 atom stereocenters. The molecule has 3 N–H and O–H groups in total. The lowest BCUT2D eigenvalue weighted by atomic mass is 10.1. The van der Waals surface area contributed by atoms with Gasteiger partial charge in [0.2, 0.25) is 0 Å². The number of carboxylic acid groups (broad SMARTS) is 1. The van der Waals surface area contributed by atoms with Crippen LogP contribution in [0.1, 0.15) is 26.3 Å². The first kappa shape index (κ1) is 20.2. The van der Waals surface area contributed by atoms with E-state index in [2.05, 4.69) is 15.4 Å². The number of rotatable bonds is 7. The van der Waals surface area contributed by atoms with Crippen LogP contribution in [0.3, 0.4) is 0 Å². The Bertz CT molecular complexity index is 941. The highest BCUT2D eigenvalue weighted by Gasteiger charge is 2.10. The van der Waals surface area contributed by atoms with Gasteiger partial charge in [0.1, 0.15) is 11.6 Å². The van der Waals surface area contributed by atoms with Crippen molar-refractivity contribution in [2.24, 2.45) is 0 Å². The number of nitrogens with one attached hydrogen (secondary N) is 2. The number of esters is 1. The average Bonchev–Trinajstić information content (AvgIpc) is 2.71. The van der Waals surface area contributed by atoms with Gasteiger partial charge in [0.25, 0.3) is 5.91 Å². The number of anilines is 1. The SMILES string of the molecule is COC(=O)c1ccc(CN/C=C(/C#N)C(=O)Nc2ccc(C(=O)O)cc2)cc1. The number of ether oxygens (including phenoxy) is 1. The second-order valence-corrected chi connectivity index (χ2v) is 5.58. The number of aromatic carboxylic acids is 1. The summed E-state index contributed by atoms with van der Waals surface area (Å²) in [6.07, 6.45) is 1.29. The van der Waals surface area contributed by atoms with E-state index in [1.165, 1.54) is 37.6 Å². The third kappa shape index (κ3) is 5.44. The van der Waals surface area contributed by atoms with E-state index >= 15 is 0 Å². The van der Waals surface area contributed by atoms with Gasteiger partial charge in [-0.15, -0.1) is 0 Å². The molecule has 2 aromatic carbocycles. The molecule has 0 spiro atoms. The maximum Gasteiger partial charge on any atom is 0.337 e. The largest absolute Gasteiger partial charge is 0.478 e. The summed E-state index contributed by atoms with van der Waals surface area (Å²) in [5, 5.41) is 23.4. The van der Waals surface area contributed by atoms with Crippen molar-refractivity contribution in [1.82, 2.24) is 5.32 Å². The molecular formula is C20H17N3O5. The molecule has 28 heavy (non-hydrogen) atoms.